The summed E-state index contributed by atoms with van der Waals surface area (Å²) < 4.78 is 176. The zero-order valence-corrected chi connectivity index (χ0v) is 64.3. The van der Waals surface area contributed by atoms with Crippen molar-refractivity contribution in [1.29, 1.82) is 0 Å². The number of fused-ring (bicyclic) bond motifs is 3. The summed E-state index contributed by atoms with van der Waals surface area (Å²) in [4.78, 5) is 49.0. The number of halogens is 9. The number of rotatable bonds is 26. The van der Waals surface area contributed by atoms with Gasteiger partial charge < -0.3 is 81.6 Å². The highest BCUT2D eigenvalue weighted by atomic mass is 35.5. The standard InChI is InChI=1S/C29H25F4NO7.C28H23ClF3NO7.C28H26FNO6/c1-4-37-28(36)39-17(3)38-27-23-14-24(30)19(15-35)13-25(23)34-16(2)26(27)18-5-7-20(8-6-18)40-21-9-11-22(12-10-21)41-29(31,32)33;1-3-36-27(35)38-15-37-26-22-13-23(29)18(14-34)12-24(22)33-16(2)25(26)17-4-6-19(7-5-17)39-20-8-10-21(11-9-20)40-28(30,31)32;1-4-33-28(32)35-16-34-27-23-14-24(29)20(15-31)13-25(23)30-18(3)26(27)19-7-11-22(12-8-19)36-21-9-5-17(2)6-10-21/h5-14,17,35H,4,15H2,1-3H3;4-13,34H,3,14-15H2,1-2H3;5-14,31H,4,15-16H2,1-3H3. The minimum atomic E-state index is -4.80. The minimum Gasteiger partial charge on any atom is -0.457 e. The molecule has 0 aliphatic carbocycles. The highest BCUT2D eigenvalue weighted by molar-refractivity contribution is 6.32. The summed E-state index contributed by atoms with van der Waals surface area (Å²) >= 11 is 6.35. The third-order valence-electron chi connectivity index (χ3n) is 16.7. The van der Waals surface area contributed by atoms with Crippen LogP contribution in [0.1, 0.15) is 67.0 Å². The van der Waals surface area contributed by atoms with Crippen molar-refractivity contribution in [3.63, 3.8) is 0 Å². The predicted molar refractivity (Wildman–Crippen MR) is 411 cm³/mol. The Morgan fingerprint density at radius 1 is 0.402 bits per heavy atom. The van der Waals surface area contributed by atoms with Gasteiger partial charge in [0, 0.05) is 73.0 Å². The summed E-state index contributed by atoms with van der Waals surface area (Å²) in [5.41, 5.74) is 8.50. The fraction of sp³-hybridized carbons (Fsp3) is 0.224. The topological polar surface area (TPSA) is 280 Å². The first-order valence-electron chi connectivity index (χ1n) is 35.6. The van der Waals surface area contributed by atoms with Crippen LogP contribution in [0.2, 0.25) is 5.02 Å². The SMILES string of the molecule is CCOC(=O)OC(C)Oc1c(-c2ccc(Oc3ccc(OC(F)(F)F)cc3)cc2)c(C)nc2cc(CO)c(F)cc12.CCOC(=O)OCOc1c(-c2ccc(Oc3ccc(C)cc3)cc2)c(C)nc2cc(CO)c(F)cc12.CCOC(=O)OCOc1c(-c2ccc(Oc3ccc(OC(F)(F)F)cc3)cc2)c(C)nc2cc(CO)c(Cl)cc12. The molecule has 12 rings (SSSR count). The van der Waals surface area contributed by atoms with E-state index in [4.69, 9.17) is 68.4 Å². The van der Waals surface area contributed by atoms with Crippen LogP contribution in [0, 0.1) is 39.3 Å². The Morgan fingerprint density at radius 2 is 0.701 bits per heavy atom. The molecule has 117 heavy (non-hydrogen) atoms. The van der Waals surface area contributed by atoms with Crippen LogP contribution < -0.4 is 37.9 Å². The number of alkyl halides is 6. The zero-order valence-electron chi connectivity index (χ0n) is 63.6. The zero-order chi connectivity index (χ0) is 84.3. The van der Waals surface area contributed by atoms with Gasteiger partial charge >= 0.3 is 31.2 Å². The van der Waals surface area contributed by atoms with E-state index < -0.39 is 75.9 Å². The Balaban J connectivity index is 0.000000185. The van der Waals surface area contributed by atoms with Crippen molar-refractivity contribution in [2.45, 2.75) is 94.2 Å². The quantitative estimate of drug-likeness (QED) is 0.0197. The maximum Gasteiger partial charge on any atom is 0.573 e. The van der Waals surface area contributed by atoms with E-state index in [2.05, 4.69) is 24.4 Å². The number of carbonyl (C=O) groups excluding carboxylic acids is 3. The van der Waals surface area contributed by atoms with Gasteiger partial charge in [0.1, 0.15) is 74.9 Å². The number of aliphatic hydroxyl groups excluding tert-OH is 3. The van der Waals surface area contributed by atoms with Crippen molar-refractivity contribution in [2.24, 2.45) is 0 Å². The summed E-state index contributed by atoms with van der Waals surface area (Å²) in [5, 5.41) is 30.1. The first kappa shape index (κ1) is 86.4. The molecule has 0 aliphatic rings. The lowest BCUT2D eigenvalue weighted by molar-refractivity contribution is -0.275. The molecular formula is C85H74ClF8N3O20. The van der Waals surface area contributed by atoms with Crippen LogP contribution in [-0.4, -0.2) is 101 Å². The van der Waals surface area contributed by atoms with Crippen LogP contribution >= 0.6 is 11.6 Å². The van der Waals surface area contributed by atoms with Gasteiger partial charge in [0.15, 0.2) is 0 Å². The molecule has 1 unspecified atom stereocenters. The molecule has 32 heteroatoms. The largest absolute Gasteiger partial charge is 0.573 e. The Morgan fingerprint density at radius 3 is 1.04 bits per heavy atom. The van der Waals surface area contributed by atoms with Crippen molar-refractivity contribution < 1.29 is 131 Å². The number of benzene rings is 9. The molecule has 3 N–H and O–H groups in total. The summed E-state index contributed by atoms with van der Waals surface area (Å²) in [6.45, 7) is 11.9. The second-order valence-electron chi connectivity index (χ2n) is 25.0. The first-order valence-corrected chi connectivity index (χ1v) is 36.0. The summed E-state index contributed by atoms with van der Waals surface area (Å²) in [7, 11) is 0. The number of aliphatic hydroxyl groups is 3. The van der Waals surface area contributed by atoms with Gasteiger partial charge in [-0.3, -0.25) is 15.0 Å². The molecule has 0 amide bonds. The van der Waals surface area contributed by atoms with Crippen LogP contribution in [0.15, 0.2) is 182 Å². The van der Waals surface area contributed by atoms with Crippen molar-refractivity contribution >= 4 is 62.8 Å². The summed E-state index contributed by atoms with van der Waals surface area (Å²) in [6.07, 6.45) is -13.4. The lowest BCUT2D eigenvalue weighted by Crippen LogP contribution is -2.22. The number of ether oxygens (including phenoxy) is 14. The highest BCUT2D eigenvalue weighted by Gasteiger charge is 2.33. The average molecular weight is 1640 g/mol. The molecule has 0 saturated heterocycles. The van der Waals surface area contributed by atoms with Gasteiger partial charge in [0.05, 0.1) is 56.2 Å². The van der Waals surface area contributed by atoms with Crippen LogP contribution in [0.4, 0.5) is 49.5 Å². The van der Waals surface area contributed by atoms with Crippen LogP contribution in [0.5, 0.6) is 63.2 Å². The van der Waals surface area contributed by atoms with Gasteiger partial charge in [-0.05, 0) is 204 Å². The second-order valence-corrected chi connectivity index (χ2v) is 25.4. The minimum absolute atomic E-state index is 0.0541. The molecule has 612 valence electrons. The van der Waals surface area contributed by atoms with Crippen molar-refractivity contribution in [3.8, 4) is 96.6 Å². The molecule has 23 nitrogen and oxygen atoms in total. The lowest BCUT2D eigenvalue weighted by Gasteiger charge is -2.21. The normalized spacial score (nSPS) is 11.4. The molecular weight excluding hydrogens is 1570 g/mol. The molecule has 0 bridgehead atoms. The van der Waals surface area contributed by atoms with E-state index in [0.717, 1.165) is 35.4 Å². The molecule has 0 fully saturated rings. The monoisotopic (exact) mass is 1640 g/mol. The summed E-state index contributed by atoms with van der Waals surface area (Å²) in [6, 6.07) is 47.0. The van der Waals surface area contributed by atoms with E-state index in [1.165, 1.54) is 55.5 Å². The third kappa shape index (κ3) is 23.4. The molecule has 0 radical (unpaired) electrons. The Bertz CT molecular complexity index is 5460. The molecule has 12 aromatic rings. The van der Waals surface area contributed by atoms with E-state index in [9.17, 15) is 64.8 Å². The molecule has 3 heterocycles. The first-order chi connectivity index (χ1) is 55.9. The van der Waals surface area contributed by atoms with Gasteiger partial charge in [-0.15, -0.1) is 26.3 Å². The maximum absolute atomic E-state index is 14.7. The molecule has 9 aromatic carbocycles. The molecule has 0 aliphatic heterocycles. The number of aromatic nitrogens is 3. The fourth-order valence-corrected chi connectivity index (χ4v) is 11.8. The molecule has 1 atom stereocenters. The van der Waals surface area contributed by atoms with E-state index in [-0.39, 0.29) is 71.7 Å². The van der Waals surface area contributed by atoms with Gasteiger partial charge in [-0.1, -0.05) is 65.7 Å². The molecule has 0 saturated carbocycles. The number of hydrogen-bond acceptors (Lipinski definition) is 23. The number of pyridine rings is 3. The highest BCUT2D eigenvalue weighted by Crippen LogP contribution is 2.45. The average Bonchev–Trinajstić information content (AvgIpc) is 0.775. The van der Waals surface area contributed by atoms with Gasteiger partial charge in [0.2, 0.25) is 19.9 Å². The predicted octanol–water partition coefficient (Wildman–Crippen LogP) is 21.4. The Hall–Kier alpha value is -13.0. The summed E-state index contributed by atoms with van der Waals surface area (Å²) in [5.74, 6) is 1.54. The Labute approximate surface area is 668 Å². The van der Waals surface area contributed by atoms with Gasteiger partial charge in [-0.2, -0.15) is 0 Å². The third-order valence-corrected chi connectivity index (χ3v) is 17.1. The number of carbonyl (C=O) groups is 3. The van der Waals surface area contributed by atoms with E-state index in [1.807, 2.05) is 55.5 Å². The van der Waals surface area contributed by atoms with E-state index in [1.54, 1.807) is 102 Å². The number of aryl methyl sites for hydroxylation is 4. The lowest BCUT2D eigenvalue weighted by atomic mass is 9.99. The number of nitrogens with zero attached hydrogens (tertiary/aromatic N) is 3. The smallest absolute Gasteiger partial charge is 0.457 e. The fourth-order valence-electron chi connectivity index (χ4n) is 11.6. The van der Waals surface area contributed by atoms with Gasteiger partial charge in [0.25, 0.3) is 0 Å². The molecule has 3 aromatic heterocycles. The van der Waals surface area contributed by atoms with Crippen molar-refractivity contribution in [3.05, 3.63) is 238 Å². The maximum atomic E-state index is 14.7. The number of hydrogen-bond donors (Lipinski definition) is 3. The second kappa shape index (κ2) is 39.4. The van der Waals surface area contributed by atoms with E-state index >= 15 is 0 Å². The van der Waals surface area contributed by atoms with Crippen molar-refractivity contribution in [1.82, 2.24) is 15.0 Å². The van der Waals surface area contributed by atoms with Crippen LogP contribution in [0.25, 0.3) is 66.1 Å². The van der Waals surface area contributed by atoms with Crippen LogP contribution in [0.3, 0.4) is 0 Å². The van der Waals surface area contributed by atoms with Crippen molar-refractivity contribution in [2.75, 3.05) is 33.4 Å². The van der Waals surface area contributed by atoms with E-state index in [0.29, 0.717) is 117 Å². The molecule has 0 spiro atoms. The Kier molecular flexibility index (Phi) is 29.1. The van der Waals surface area contributed by atoms with Gasteiger partial charge in [-0.25, -0.2) is 23.2 Å². The van der Waals surface area contributed by atoms with Crippen LogP contribution in [-0.2, 0) is 48.2 Å².